The maximum atomic E-state index is 12.6. The fourth-order valence-electron chi connectivity index (χ4n) is 2.82. The number of carbonyl (C=O) groups is 1. The summed E-state index contributed by atoms with van der Waals surface area (Å²) in [7, 11) is 0.935. The van der Waals surface area contributed by atoms with Gasteiger partial charge in [-0.1, -0.05) is 0 Å². The zero-order valence-electron chi connectivity index (χ0n) is 17.1. The van der Waals surface area contributed by atoms with Gasteiger partial charge in [0.1, 0.15) is 23.8 Å². The standard InChI is InChI=1S/C20H26N2O6S/c1-14(18-12-17(27-3)10-11-19(18)28-4)21-20(23)13-22(29(5,24)25)15-6-8-16(26-2)9-7-15/h6-12,14H,13H2,1-5H3,(H,21,23)/t14-/m1/s1. The number of methoxy groups -OCH3 is 3. The molecule has 0 unspecified atom stereocenters. The third-order valence-electron chi connectivity index (χ3n) is 4.33. The number of hydrogen-bond donors (Lipinski definition) is 1. The lowest BCUT2D eigenvalue weighted by Crippen LogP contribution is -2.41. The van der Waals surface area contributed by atoms with Crippen molar-refractivity contribution in [3.05, 3.63) is 48.0 Å². The molecule has 0 aliphatic rings. The molecule has 158 valence electrons. The molecule has 0 saturated carbocycles. The zero-order valence-corrected chi connectivity index (χ0v) is 17.9. The third kappa shape index (κ3) is 5.77. The SMILES string of the molecule is COc1ccc(N(CC(=O)N[C@H](C)c2cc(OC)ccc2OC)S(C)(=O)=O)cc1. The first kappa shape index (κ1) is 22.4. The van der Waals surface area contributed by atoms with Crippen LogP contribution in [0, 0.1) is 0 Å². The highest BCUT2D eigenvalue weighted by Gasteiger charge is 2.23. The van der Waals surface area contributed by atoms with Gasteiger partial charge >= 0.3 is 0 Å². The number of anilines is 1. The van der Waals surface area contributed by atoms with Crippen molar-refractivity contribution in [1.82, 2.24) is 5.32 Å². The first-order chi connectivity index (χ1) is 13.7. The van der Waals surface area contributed by atoms with Crippen molar-refractivity contribution in [2.45, 2.75) is 13.0 Å². The summed E-state index contributed by atoms with van der Waals surface area (Å²) in [5.41, 5.74) is 1.09. The van der Waals surface area contributed by atoms with Crippen molar-refractivity contribution in [3.8, 4) is 17.2 Å². The summed E-state index contributed by atoms with van der Waals surface area (Å²) in [6.45, 7) is 1.43. The van der Waals surface area contributed by atoms with Crippen LogP contribution < -0.4 is 23.8 Å². The second-order valence-electron chi connectivity index (χ2n) is 6.36. The summed E-state index contributed by atoms with van der Waals surface area (Å²) in [4.78, 5) is 12.6. The number of carbonyl (C=O) groups excluding carboxylic acids is 1. The lowest BCUT2D eigenvalue weighted by molar-refractivity contribution is -0.120. The number of nitrogens with zero attached hydrogens (tertiary/aromatic N) is 1. The Bertz CT molecular complexity index is 944. The molecule has 1 atom stereocenters. The summed E-state index contributed by atoms with van der Waals surface area (Å²) in [5, 5.41) is 2.81. The van der Waals surface area contributed by atoms with Gasteiger partial charge in [-0.2, -0.15) is 0 Å². The minimum absolute atomic E-state index is 0.359. The van der Waals surface area contributed by atoms with Gasteiger partial charge in [-0.15, -0.1) is 0 Å². The fraction of sp³-hybridized carbons (Fsp3) is 0.350. The van der Waals surface area contributed by atoms with Crippen molar-refractivity contribution in [2.75, 3.05) is 38.4 Å². The van der Waals surface area contributed by atoms with Crippen molar-refractivity contribution in [2.24, 2.45) is 0 Å². The average molecular weight is 423 g/mol. The Morgan fingerprint density at radius 3 is 2.10 bits per heavy atom. The van der Waals surface area contributed by atoms with E-state index in [1.54, 1.807) is 56.5 Å². The van der Waals surface area contributed by atoms with Gasteiger partial charge in [0.2, 0.25) is 15.9 Å². The number of benzene rings is 2. The predicted octanol–water partition coefficient (Wildman–Crippen LogP) is 2.36. The molecule has 2 aromatic carbocycles. The monoisotopic (exact) mass is 422 g/mol. The Hall–Kier alpha value is -2.94. The van der Waals surface area contributed by atoms with Gasteiger partial charge in [0.05, 0.1) is 39.3 Å². The Balaban J connectivity index is 2.20. The van der Waals surface area contributed by atoms with E-state index in [9.17, 15) is 13.2 Å². The van der Waals surface area contributed by atoms with E-state index < -0.39 is 22.0 Å². The van der Waals surface area contributed by atoms with E-state index in [-0.39, 0.29) is 6.54 Å². The Kier molecular flexibility index (Phi) is 7.33. The summed E-state index contributed by atoms with van der Waals surface area (Å²) < 4.78 is 41.2. The molecule has 0 aliphatic heterocycles. The Morgan fingerprint density at radius 1 is 1.00 bits per heavy atom. The normalized spacial score (nSPS) is 12.0. The molecule has 8 nitrogen and oxygen atoms in total. The number of nitrogens with one attached hydrogen (secondary N) is 1. The average Bonchev–Trinajstić information content (AvgIpc) is 2.70. The number of sulfonamides is 1. The molecule has 0 heterocycles. The molecule has 1 N–H and O–H groups in total. The molecule has 0 saturated heterocycles. The van der Waals surface area contributed by atoms with E-state index in [0.29, 0.717) is 22.9 Å². The van der Waals surface area contributed by atoms with Crippen LogP contribution in [0.1, 0.15) is 18.5 Å². The van der Waals surface area contributed by atoms with Crippen LogP contribution in [0.25, 0.3) is 0 Å². The molecule has 2 aromatic rings. The van der Waals surface area contributed by atoms with Crippen LogP contribution in [0.15, 0.2) is 42.5 Å². The second kappa shape index (κ2) is 9.51. The van der Waals surface area contributed by atoms with Crippen LogP contribution >= 0.6 is 0 Å². The van der Waals surface area contributed by atoms with E-state index in [4.69, 9.17) is 14.2 Å². The van der Waals surface area contributed by atoms with E-state index in [1.165, 1.54) is 14.2 Å². The van der Waals surface area contributed by atoms with Crippen molar-refractivity contribution in [3.63, 3.8) is 0 Å². The largest absolute Gasteiger partial charge is 0.497 e. The summed E-state index contributed by atoms with van der Waals surface area (Å²) in [5.74, 6) is 1.35. The minimum atomic E-state index is -3.67. The summed E-state index contributed by atoms with van der Waals surface area (Å²) in [6.07, 6.45) is 1.05. The van der Waals surface area contributed by atoms with E-state index >= 15 is 0 Å². The molecule has 2 rings (SSSR count). The van der Waals surface area contributed by atoms with Crippen LogP contribution in [0.2, 0.25) is 0 Å². The lowest BCUT2D eigenvalue weighted by Gasteiger charge is -2.24. The molecule has 0 spiro atoms. The molecule has 0 radical (unpaired) electrons. The fourth-order valence-corrected chi connectivity index (χ4v) is 3.68. The smallest absolute Gasteiger partial charge is 0.241 e. The van der Waals surface area contributed by atoms with Crippen molar-refractivity contribution < 1.29 is 27.4 Å². The van der Waals surface area contributed by atoms with E-state index in [2.05, 4.69) is 5.32 Å². The van der Waals surface area contributed by atoms with Crippen molar-refractivity contribution >= 4 is 21.6 Å². The van der Waals surface area contributed by atoms with Crippen LogP contribution in [-0.4, -0.2) is 48.5 Å². The quantitative estimate of drug-likeness (QED) is 0.667. The minimum Gasteiger partial charge on any atom is -0.497 e. The van der Waals surface area contributed by atoms with E-state index in [1.807, 2.05) is 0 Å². The van der Waals surface area contributed by atoms with Gasteiger partial charge in [0, 0.05) is 5.56 Å². The number of amides is 1. The van der Waals surface area contributed by atoms with Gasteiger partial charge < -0.3 is 19.5 Å². The molecule has 9 heteroatoms. The highest BCUT2D eigenvalue weighted by atomic mass is 32.2. The van der Waals surface area contributed by atoms with Crippen LogP contribution in [-0.2, 0) is 14.8 Å². The predicted molar refractivity (Wildman–Crippen MR) is 111 cm³/mol. The van der Waals surface area contributed by atoms with Crippen LogP contribution in [0.4, 0.5) is 5.69 Å². The highest BCUT2D eigenvalue weighted by molar-refractivity contribution is 7.92. The molecular weight excluding hydrogens is 396 g/mol. The highest BCUT2D eigenvalue weighted by Crippen LogP contribution is 2.29. The molecule has 1 amide bonds. The first-order valence-electron chi connectivity index (χ1n) is 8.82. The second-order valence-corrected chi connectivity index (χ2v) is 8.27. The number of rotatable bonds is 9. The maximum Gasteiger partial charge on any atom is 0.241 e. The molecule has 0 fully saturated rings. The van der Waals surface area contributed by atoms with Gasteiger partial charge in [0.25, 0.3) is 0 Å². The topological polar surface area (TPSA) is 94.2 Å². The zero-order chi connectivity index (χ0) is 21.6. The van der Waals surface area contributed by atoms with Crippen molar-refractivity contribution in [1.29, 1.82) is 0 Å². The summed E-state index contributed by atoms with van der Waals surface area (Å²) >= 11 is 0. The van der Waals surface area contributed by atoms with E-state index in [0.717, 1.165) is 16.1 Å². The first-order valence-corrected chi connectivity index (χ1v) is 10.7. The number of hydrogen-bond acceptors (Lipinski definition) is 6. The molecule has 0 aromatic heterocycles. The van der Waals surface area contributed by atoms with Gasteiger partial charge in [-0.05, 0) is 49.4 Å². The lowest BCUT2D eigenvalue weighted by atomic mass is 10.1. The molecule has 0 bridgehead atoms. The van der Waals surface area contributed by atoms with Gasteiger partial charge in [-0.3, -0.25) is 9.10 Å². The third-order valence-corrected chi connectivity index (χ3v) is 5.47. The van der Waals surface area contributed by atoms with Gasteiger partial charge in [-0.25, -0.2) is 8.42 Å². The number of ether oxygens (including phenoxy) is 3. The molecule has 0 aliphatic carbocycles. The molecule has 29 heavy (non-hydrogen) atoms. The Labute approximate surface area is 171 Å². The Morgan fingerprint density at radius 2 is 1.59 bits per heavy atom. The molecular formula is C20H26N2O6S. The maximum absolute atomic E-state index is 12.6. The van der Waals surface area contributed by atoms with Crippen LogP contribution in [0.3, 0.4) is 0 Å². The summed E-state index contributed by atoms with van der Waals surface area (Å²) in [6, 6.07) is 11.3. The van der Waals surface area contributed by atoms with Gasteiger partial charge in [0.15, 0.2) is 0 Å². The van der Waals surface area contributed by atoms with Crippen LogP contribution in [0.5, 0.6) is 17.2 Å².